The summed E-state index contributed by atoms with van der Waals surface area (Å²) >= 11 is 6.09. The Morgan fingerprint density at radius 1 is 1.47 bits per heavy atom. The third-order valence-electron chi connectivity index (χ3n) is 3.21. The number of ether oxygens (including phenoxy) is 1. The number of pyridine rings is 1. The van der Waals surface area contributed by atoms with E-state index in [2.05, 4.69) is 10.3 Å². The van der Waals surface area contributed by atoms with Crippen LogP contribution in [0.3, 0.4) is 0 Å². The Morgan fingerprint density at radius 3 is 3.06 bits per heavy atom. The molecule has 1 fully saturated rings. The van der Waals surface area contributed by atoms with E-state index in [0.717, 1.165) is 37.5 Å². The van der Waals surface area contributed by atoms with Gasteiger partial charge in [-0.2, -0.15) is 0 Å². The second-order valence-corrected chi connectivity index (χ2v) is 5.20. The molecule has 1 saturated carbocycles. The zero-order chi connectivity index (χ0) is 12.1. The predicted octanol–water partition coefficient (Wildman–Crippen LogP) is 2.59. The Hall–Kier alpha value is -0.800. The van der Waals surface area contributed by atoms with Crippen molar-refractivity contribution in [2.75, 3.05) is 13.7 Å². The maximum Gasteiger partial charge on any atom is 0.213 e. The molecule has 1 aliphatic rings. The number of methoxy groups -OCH3 is 1. The number of halogens is 1. The lowest BCUT2D eigenvalue weighted by Gasteiger charge is -2.10. The molecule has 1 aliphatic carbocycles. The van der Waals surface area contributed by atoms with Crippen molar-refractivity contribution in [2.24, 2.45) is 5.92 Å². The molecule has 2 unspecified atom stereocenters. The van der Waals surface area contributed by atoms with Crippen LogP contribution in [0.2, 0.25) is 0 Å². The smallest absolute Gasteiger partial charge is 0.213 e. The van der Waals surface area contributed by atoms with Crippen LogP contribution in [-0.4, -0.2) is 24.0 Å². The van der Waals surface area contributed by atoms with Crippen molar-refractivity contribution >= 4 is 11.6 Å². The molecule has 2 atom stereocenters. The van der Waals surface area contributed by atoms with E-state index in [1.54, 1.807) is 7.11 Å². The van der Waals surface area contributed by atoms with Gasteiger partial charge in [0.15, 0.2) is 0 Å². The zero-order valence-electron chi connectivity index (χ0n) is 10.2. The highest BCUT2D eigenvalue weighted by Crippen LogP contribution is 2.28. The highest BCUT2D eigenvalue weighted by Gasteiger charge is 2.22. The molecule has 0 spiro atoms. The van der Waals surface area contributed by atoms with Gasteiger partial charge in [0, 0.05) is 18.0 Å². The fraction of sp³-hybridized carbons (Fsp3) is 0.615. The molecule has 0 bridgehead atoms. The third-order valence-corrected chi connectivity index (χ3v) is 3.60. The van der Waals surface area contributed by atoms with Crippen molar-refractivity contribution in [3.63, 3.8) is 0 Å². The lowest BCUT2D eigenvalue weighted by atomic mass is 10.1. The van der Waals surface area contributed by atoms with E-state index in [-0.39, 0.29) is 0 Å². The molecule has 94 valence electrons. The molecular formula is C13H19ClN2O. The highest BCUT2D eigenvalue weighted by molar-refractivity contribution is 6.20. The van der Waals surface area contributed by atoms with E-state index < -0.39 is 0 Å². The van der Waals surface area contributed by atoms with Crippen LogP contribution in [0.25, 0.3) is 0 Å². The summed E-state index contributed by atoms with van der Waals surface area (Å²) in [5.41, 5.74) is 1.02. The van der Waals surface area contributed by atoms with Crippen LogP contribution >= 0.6 is 11.6 Å². The third kappa shape index (κ3) is 3.86. The maximum atomic E-state index is 6.09. The first-order chi connectivity index (χ1) is 8.28. The predicted molar refractivity (Wildman–Crippen MR) is 69.5 cm³/mol. The van der Waals surface area contributed by atoms with E-state index in [4.69, 9.17) is 16.3 Å². The summed E-state index contributed by atoms with van der Waals surface area (Å²) in [6.07, 6.45) is 3.54. The van der Waals surface area contributed by atoms with Gasteiger partial charge in [0.05, 0.1) is 12.8 Å². The number of nitrogens with one attached hydrogen (secondary N) is 1. The van der Waals surface area contributed by atoms with Gasteiger partial charge in [0.25, 0.3) is 0 Å². The van der Waals surface area contributed by atoms with E-state index >= 15 is 0 Å². The molecule has 17 heavy (non-hydrogen) atoms. The van der Waals surface area contributed by atoms with Gasteiger partial charge < -0.3 is 10.1 Å². The minimum atomic E-state index is 0.386. The lowest BCUT2D eigenvalue weighted by Crippen LogP contribution is -2.21. The summed E-state index contributed by atoms with van der Waals surface area (Å²) in [5, 5.41) is 3.82. The standard InChI is InChI=1S/C13H19ClN2O/c1-17-13-4-2-3-12(16-13)9-15-8-10-5-6-11(14)7-10/h2-4,10-11,15H,5-9H2,1H3. The maximum absolute atomic E-state index is 6.09. The molecule has 1 heterocycles. The number of hydrogen-bond acceptors (Lipinski definition) is 3. The van der Waals surface area contributed by atoms with Gasteiger partial charge in [0.1, 0.15) is 0 Å². The zero-order valence-corrected chi connectivity index (χ0v) is 10.9. The van der Waals surface area contributed by atoms with Gasteiger partial charge in [-0.15, -0.1) is 11.6 Å². The molecule has 4 heteroatoms. The van der Waals surface area contributed by atoms with Crippen molar-refractivity contribution in [1.29, 1.82) is 0 Å². The van der Waals surface area contributed by atoms with Crippen LogP contribution in [-0.2, 0) is 6.54 Å². The van der Waals surface area contributed by atoms with Crippen LogP contribution in [0.5, 0.6) is 5.88 Å². The highest BCUT2D eigenvalue weighted by atomic mass is 35.5. The van der Waals surface area contributed by atoms with Gasteiger partial charge in [-0.3, -0.25) is 0 Å². The summed E-state index contributed by atoms with van der Waals surface area (Å²) in [6.45, 7) is 1.82. The summed E-state index contributed by atoms with van der Waals surface area (Å²) in [5.74, 6) is 1.40. The summed E-state index contributed by atoms with van der Waals surface area (Å²) in [6, 6.07) is 5.83. The molecule has 0 aliphatic heterocycles. The number of nitrogens with zero attached hydrogens (tertiary/aromatic N) is 1. The van der Waals surface area contributed by atoms with Crippen LogP contribution in [0.15, 0.2) is 18.2 Å². The van der Waals surface area contributed by atoms with Crippen LogP contribution in [0.4, 0.5) is 0 Å². The van der Waals surface area contributed by atoms with Crippen molar-refractivity contribution < 1.29 is 4.74 Å². The molecule has 0 amide bonds. The van der Waals surface area contributed by atoms with Crippen LogP contribution < -0.4 is 10.1 Å². The number of alkyl halides is 1. The molecule has 0 aromatic carbocycles. The Morgan fingerprint density at radius 2 is 2.35 bits per heavy atom. The van der Waals surface area contributed by atoms with E-state index in [1.807, 2.05) is 18.2 Å². The fourth-order valence-corrected chi connectivity index (χ4v) is 2.65. The van der Waals surface area contributed by atoms with Crippen LogP contribution in [0.1, 0.15) is 25.0 Å². The Kier molecular flexibility index (Phi) is 4.63. The van der Waals surface area contributed by atoms with Crippen molar-refractivity contribution in [1.82, 2.24) is 10.3 Å². The molecule has 0 saturated heterocycles. The van der Waals surface area contributed by atoms with Crippen LogP contribution in [0, 0.1) is 5.92 Å². The molecule has 0 radical (unpaired) electrons. The molecule has 1 N–H and O–H groups in total. The van der Waals surface area contributed by atoms with Gasteiger partial charge in [0.2, 0.25) is 5.88 Å². The fourth-order valence-electron chi connectivity index (χ4n) is 2.27. The van der Waals surface area contributed by atoms with E-state index in [0.29, 0.717) is 11.3 Å². The second-order valence-electron chi connectivity index (χ2n) is 4.58. The first-order valence-corrected chi connectivity index (χ1v) is 6.56. The monoisotopic (exact) mass is 254 g/mol. The van der Waals surface area contributed by atoms with Crippen molar-refractivity contribution in [3.8, 4) is 5.88 Å². The summed E-state index contributed by atoms with van der Waals surface area (Å²) in [4.78, 5) is 4.36. The molecule has 3 nitrogen and oxygen atoms in total. The molecule has 1 aromatic heterocycles. The van der Waals surface area contributed by atoms with Crippen molar-refractivity contribution in [3.05, 3.63) is 23.9 Å². The average molecular weight is 255 g/mol. The lowest BCUT2D eigenvalue weighted by molar-refractivity contribution is 0.395. The van der Waals surface area contributed by atoms with Gasteiger partial charge in [-0.25, -0.2) is 4.98 Å². The molecule has 1 aromatic rings. The normalized spacial score (nSPS) is 23.9. The Labute approximate surface area is 108 Å². The molecule has 2 rings (SSSR count). The van der Waals surface area contributed by atoms with Gasteiger partial charge in [-0.1, -0.05) is 6.07 Å². The van der Waals surface area contributed by atoms with Gasteiger partial charge >= 0.3 is 0 Å². The summed E-state index contributed by atoms with van der Waals surface area (Å²) in [7, 11) is 1.64. The van der Waals surface area contributed by atoms with E-state index in [1.165, 1.54) is 6.42 Å². The van der Waals surface area contributed by atoms with E-state index in [9.17, 15) is 0 Å². The second kappa shape index (κ2) is 6.22. The van der Waals surface area contributed by atoms with Gasteiger partial charge in [-0.05, 0) is 37.8 Å². The largest absolute Gasteiger partial charge is 0.481 e. The minimum Gasteiger partial charge on any atom is -0.481 e. The number of rotatable bonds is 5. The average Bonchev–Trinajstić information content (AvgIpc) is 2.75. The minimum absolute atomic E-state index is 0.386. The number of aromatic nitrogens is 1. The number of hydrogen-bond donors (Lipinski definition) is 1. The SMILES string of the molecule is COc1cccc(CNCC2CCC(Cl)C2)n1. The molecular weight excluding hydrogens is 236 g/mol. The summed E-state index contributed by atoms with van der Waals surface area (Å²) < 4.78 is 5.09. The first-order valence-electron chi connectivity index (χ1n) is 6.12. The van der Waals surface area contributed by atoms with Crippen molar-refractivity contribution in [2.45, 2.75) is 31.2 Å². The Balaban J connectivity index is 1.74. The topological polar surface area (TPSA) is 34.1 Å². The quantitative estimate of drug-likeness (QED) is 0.821. The Bertz CT molecular complexity index is 359. The first kappa shape index (κ1) is 12.7.